The van der Waals surface area contributed by atoms with Crippen molar-refractivity contribution in [3.8, 4) is 5.75 Å². The molecule has 0 atom stereocenters. The zero-order valence-corrected chi connectivity index (χ0v) is 9.24. The van der Waals surface area contributed by atoms with Crippen LogP contribution in [-0.4, -0.2) is 6.10 Å². The highest BCUT2D eigenvalue weighted by Crippen LogP contribution is 2.36. The van der Waals surface area contributed by atoms with E-state index < -0.39 is 0 Å². The minimum atomic E-state index is -0.212. The number of ether oxygens (including phenoxy) is 1. The van der Waals surface area contributed by atoms with Crippen LogP contribution in [0.4, 0.5) is 4.39 Å². The summed E-state index contributed by atoms with van der Waals surface area (Å²) in [6, 6.07) is 6.26. The van der Waals surface area contributed by atoms with E-state index in [-0.39, 0.29) is 5.82 Å². The van der Waals surface area contributed by atoms with Gasteiger partial charge in [0.15, 0.2) is 0 Å². The van der Waals surface area contributed by atoms with Gasteiger partial charge in [0.05, 0.1) is 6.10 Å². The van der Waals surface area contributed by atoms with Gasteiger partial charge in [-0.05, 0) is 48.9 Å². The Bertz CT molecular complexity index is 312. The molecule has 1 fully saturated rings. The third-order valence-electron chi connectivity index (χ3n) is 3.19. The number of rotatable bonds is 3. The molecule has 1 saturated carbocycles. The number of benzene rings is 1. The van der Waals surface area contributed by atoms with Crippen LogP contribution in [-0.2, 0) is 0 Å². The summed E-state index contributed by atoms with van der Waals surface area (Å²) in [5.41, 5.74) is 0. The molecule has 0 amide bonds. The van der Waals surface area contributed by atoms with Crippen molar-refractivity contribution in [1.82, 2.24) is 0 Å². The van der Waals surface area contributed by atoms with Crippen LogP contribution in [0.2, 0.25) is 0 Å². The summed E-state index contributed by atoms with van der Waals surface area (Å²) in [6.07, 6.45) is 2.60. The third kappa shape index (κ3) is 2.49. The number of hydrogen-bond acceptors (Lipinski definition) is 1. The van der Waals surface area contributed by atoms with Crippen LogP contribution in [0.1, 0.15) is 26.7 Å². The molecule has 2 rings (SSSR count). The van der Waals surface area contributed by atoms with E-state index in [1.165, 1.54) is 12.1 Å². The van der Waals surface area contributed by atoms with Crippen molar-refractivity contribution in [1.29, 1.82) is 0 Å². The highest BCUT2D eigenvalue weighted by atomic mass is 19.1. The van der Waals surface area contributed by atoms with Crippen molar-refractivity contribution in [2.24, 2.45) is 11.8 Å². The third-order valence-corrected chi connectivity index (χ3v) is 3.19. The van der Waals surface area contributed by atoms with Crippen LogP contribution in [0.5, 0.6) is 5.75 Å². The van der Waals surface area contributed by atoms with Gasteiger partial charge in [0.25, 0.3) is 0 Å². The van der Waals surface area contributed by atoms with Gasteiger partial charge in [0.2, 0.25) is 0 Å². The summed E-state index contributed by atoms with van der Waals surface area (Å²) < 4.78 is 18.4. The smallest absolute Gasteiger partial charge is 0.123 e. The van der Waals surface area contributed by atoms with Gasteiger partial charge in [-0.3, -0.25) is 0 Å². The fourth-order valence-electron chi connectivity index (χ4n) is 1.95. The van der Waals surface area contributed by atoms with Crippen LogP contribution in [0.3, 0.4) is 0 Å². The summed E-state index contributed by atoms with van der Waals surface area (Å²) in [4.78, 5) is 0. The van der Waals surface area contributed by atoms with Gasteiger partial charge in [-0.2, -0.15) is 0 Å². The second-order valence-electron chi connectivity index (χ2n) is 4.67. The van der Waals surface area contributed by atoms with E-state index in [0.29, 0.717) is 6.10 Å². The van der Waals surface area contributed by atoms with E-state index >= 15 is 0 Å². The first kappa shape index (κ1) is 10.5. The Morgan fingerprint density at radius 3 is 2.33 bits per heavy atom. The average Bonchev–Trinajstić information content (AvgIpc) is 2.13. The highest BCUT2D eigenvalue weighted by molar-refractivity contribution is 5.22. The van der Waals surface area contributed by atoms with E-state index in [9.17, 15) is 4.39 Å². The Morgan fingerprint density at radius 1 is 1.20 bits per heavy atom. The molecule has 2 heteroatoms. The van der Waals surface area contributed by atoms with Crippen LogP contribution in [0, 0.1) is 17.7 Å². The van der Waals surface area contributed by atoms with Crippen LogP contribution < -0.4 is 4.74 Å². The SMILES string of the molecule is CC(C)[C@H]1C[C@H](Oc2ccc(F)cc2)C1. The molecule has 0 unspecified atom stereocenters. The predicted molar refractivity (Wildman–Crippen MR) is 58.4 cm³/mol. The quantitative estimate of drug-likeness (QED) is 0.737. The molecule has 82 valence electrons. The highest BCUT2D eigenvalue weighted by Gasteiger charge is 2.32. The molecule has 1 aliphatic carbocycles. The molecule has 1 aliphatic rings. The lowest BCUT2D eigenvalue weighted by Gasteiger charge is -2.37. The van der Waals surface area contributed by atoms with Crippen LogP contribution >= 0.6 is 0 Å². The van der Waals surface area contributed by atoms with E-state index in [1.807, 2.05) is 0 Å². The van der Waals surface area contributed by atoms with Crippen LogP contribution in [0.15, 0.2) is 24.3 Å². The van der Waals surface area contributed by atoms with Gasteiger partial charge < -0.3 is 4.74 Å². The Morgan fingerprint density at radius 2 is 1.80 bits per heavy atom. The maximum Gasteiger partial charge on any atom is 0.123 e. The first-order chi connectivity index (χ1) is 7.15. The molecule has 0 bridgehead atoms. The van der Waals surface area contributed by atoms with Crippen molar-refractivity contribution >= 4 is 0 Å². The van der Waals surface area contributed by atoms with Gasteiger partial charge in [-0.25, -0.2) is 4.39 Å². The van der Waals surface area contributed by atoms with Crippen molar-refractivity contribution in [2.75, 3.05) is 0 Å². The van der Waals surface area contributed by atoms with E-state index in [1.54, 1.807) is 12.1 Å². The Kier molecular flexibility index (Phi) is 2.94. The van der Waals surface area contributed by atoms with Gasteiger partial charge in [0.1, 0.15) is 11.6 Å². The molecule has 1 nitrogen and oxygen atoms in total. The summed E-state index contributed by atoms with van der Waals surface area (Å²) in [6.45, 7) is 4.50. The van der Waals surface area contributed by atoms with Crippen LogP contribution in [0.25, 0.3) is 0 Å². The lowest BCUT2D eigenvalue weighted by Crippen LogP contribution is -2.36. The summed E-state index contributed by atoms with van der Waals surface area (Å²) in [5, 5.41) is 0. The predicted octanol–water partition coefficient (Wildman–Crippen LogP) is 3.64. The molecule has 1 aromatic carbocycles. The molecular formula is C13H17FO. The Labute approximate surface area is 90.3 Å². The van der Waals surface area contributed by atoms with Gasteiger partial charge in [-0.15, -0.1) is 0 Å². The normalized spacial score (nSPS) is 25.1. The number of hydrogen-bond donors (Lipinski definition) is 0. The topological polar surface area (TPSA) is 9.23 Å². The molecule has 0 aromatic heterocycles. The van der Waals surface area contributed by atoms with Crippen molar-refractivity contribution < 1.29 is 9.13 Å². The lowest BCUT2D eigenvalue weighted by molar-refractivity contribution is 0.0416. The zero-order chi connectivity index (χ0) is 10.8. The number of halogens is 1. The minimum absolute atomic E-state index is 0.212. The molecule has 0 N–H and O–H groups in total. The van der Waals surface area contributed by atoms with Crippen molar-refractivity contribution in [2.45, 2.75) is 32.8 Å². The lowest BCUT2D eigenvalue weighted by atomic mass is 9.75. The standard InChI is InChI=1S/C13H17FO/c1-9(2)10-7-13(8-10)15-12-5-3-11(14)4-6-12/h3-6,9-10,13H,7-8H2,1-2H3/t10-,13-. The molecule has 0 saturated heterocycles. The monoisotopic (exact) mass is 208 g/mol. The van der Waals surface area contributed by atoms with E-state index in [4.69, 9.17) is 4.74 Å². The average molecular weight is 208 g/mol. The molecule has 1 aromatic rings. The summed E-state index contributed by atoms with van der Waals surface area (Å²) in [7, 11) is 0. The molecule has 0 spiro atoms. The first-order valence-electron chi connectivity index (χ1n) is 5.57. The molecule has 0 radical (unpaired) electrons. The van der Waals surface area contributed by atoms with Gasteiger partial charge in [0, 0.05) is 0 Å². The minimum Gasteiger partial charge on any atom is -0.490 e. The van der Waals surface area contributed by atoms with Crippen molar-refractivity contribution in [3.63, 3.8) is 0 Å². The van der Waals surface area contributed by atoms with E-state index in [0.717, 1.165) is 30.4 Å². The molecule has 0 heterocycles. The zero-order valence-electron chi connectivity index (χ0n) is 9.24. The second kappa shape index (κ2) is 4.21. The fourth-order valence-corrected chi connectivity index (χ4v) is 1.95. The maximum atomic E-state index is 12.6. The summed E-state index contributed by atoms with van der Waals surface area (Å²) >= 11 is 0. The first-order valence-corrected chi connectivity index (χ1v) is 5.57. The Hall–Kier alpha value is -1.05. The summed E-state index contributed by atoms with van der Waals surface area (Å²) in [5.74, 6) is 2.12. The largest absolute Gasteiger partial charge is 0.490 e. The second-order valence-corrected chi connectivity index (χ2v) is 4.67. The van der Waals surface area contributed by atoms with E-state index in [2.05, 4.69) is 13.8 Å². The Balaban J connectivity index is 1.82. The molecular weight excluding hydrogens is 191 g/mol. The molecule has 15 heavy (non-hydrogen) atoms. The van der Waals surface area contributed by atoms with Gasteiger partial charge in [-0.1, -0.05) is 13.8 Å². The fraction of sp³-hybridized carbons (Fsp3) is 0.538. The molecule has 0 aliphatic heterocycles. The maximum absolute atomic E-state index is 12.6. The van der Waals surface area contributed by atoms with Gasteiger partial charge >= 0.3 is 0 Å². The van der Waals surface area contributed by atoms with Crippen molar-refractivity contribution in [3.05, 3.63) is 30.1 Å².